The van der Waals surface area contributed by atoms with Gasteiger partial charge in [0.15, 0.2) is 5.11 Å². The highest BCUT2D eigenvalue weighted by molar-refractivity contribution is 7.80. The first-order valence-corrected chi connectivity index (χ1v) is 10.7. The average Bonchev–Trinajstić information content (AvgIpc) is 2.78. The molecule has 2 aromatic rings. The van der Waals surface area contributed by atoms with Crippen molar-refractivity contribution in [1.82, 2.24) is 4.90 Å². The zero-order valence-corrected chi connectivity index (χ0v) is 18.4. The predicted molar refractivity (Wildman–Crippen MR) is 125 cm³/mol. The van der Waals surface area contributed by atoms with Crippen molar-refractivity contribution in [1.29, 1.82) is 0 Å². The van der Waals surface area contributed by atoms with Crippen LogP contribution in [-0.4, -0.2) is 50.4 Å². The number of rotatable bonds is 7. The van der Waals surface area contributed by atoms with Gasteiger partial charge in [-0.2, -0.15) is 0 Å². The molecule has 1 saturated heterocycles. The summed E-state index contributed by atoms with van der Waals surface area (Å²) in [5.41, 5.74) is 3.52. The predicted octanol–water partition coefficient (Wildman–Crippen LogP) is 4.57. The fraction of sp³-hybridized carbons (Fsp3) is 0.435. The lowest BCUT2D eigenvalue weighted by Gasteiger charge is -2.38. The van der Waals surface area contributed by atoms with Crippen LogP contribution in [0.5, 0.6) is 11.5 Å². The third-order valence-corrected chi connectivity index (χ3v) is 5.68. The summed E-state index contributed by atoms with van der Waals surface area (Å²) in [7, 11) is 3.36. The third kappa shape index (κ3) is 5.54. The van der Waals surface area contributed by atoms with E-state index in [0.717, 1.165) is 60.6 Å². The molecule has 0 spiro atoms. The van der Waals surface area contributed by atoms with Crippen molar-refractivity contribution >= 4 is 28.7 Å². The molecule has 1 aliphatic heterocycles. The van der Waals surface area contributed by atoms with Crippen molar-refractivity contribution in [3.05, 3.63) is 48.0 Å². The summed E-state index contributed by atoms with van der Waals surface area (Å²) >= 11 is 5.65. The Kier molecular flexibility index (Phi) is 7.58. The second kappa shape index (κ2) is 10.3. The number of thiocarbonyl (C=S) groups is 1. The molecule has 1 heterocycles. The number of methoxy groups -OCH3 is 2. The number of hydrogen-bond acceptors (Lipinski definition) is 4. The molecule has 0 bridgehead atoms. The maximum Gasteiger partial charge on any atom is 0.173 e. The second-order valence-corrected chi connectivity index (χ2v) is 7.63. The smallest absolute Gasteiger partial charge is 0.173 e. The van der Waals surface area contributed by atoms with Gasteiger partial charge in [-0.25, -0.2) is 0 Å². The van der Waals surface area contributed by atoms with Crippen LogP contribution >= 0.6 is 12.2 Å². The number of benzene rings is 2. The number of nitrogens with zero attached hydrogens (tertiary/aromatic N) is 2. The van der Waals surface area contributed by atoms with E-state index in [-0.39, 0.29) is 0 Å². The van der Waals surface area contributed by atoms with Gasteiger partial charge in [0, 0.05) is 37.9 Å². The van der Waals surface area contributed by atoms with Crippen molar-refractivity contribution in [2.24, 2.45) is 0 Å². The van der Waals surface area contributed by atoms with Crippen molar-refractivity contribution in [2.75, 3.05) is 50.6 Å². The molecule has 1 N–H and O–H groups in total. The highest BCUT2D eigenvalue weighted by Gasteiger charge is 2.21. The summed E-state index contributed by atoms with van der Waals surface area (Å²) in [6, 6.07) is 14.6. The Morgan fingerprint density at radius 2 is 1.72 bits per heavy atom. The maximum atomic E-state index is 5.65. The van der Waals surface area contributed by atoms with E-state index in [1.165, 1.54) is 18.4 Å². The van der Waals surface area contributed by atoms with E-state index in [1.54, 1.807) is 14.2 Å². The number of anilines is 2. The van der Waals surface area contributed by atoms with E-state index in [1.807, 2.05) is 12.1 Å². The maximum absolute atomic E-state index is 5.65. The SMILES string of the molecule is CCCCc1ccc(NC(=S)N2CCN(c3ccc(OC)cc3OC)CC2)cc1. The van der Waals surface area contributed by atoms with Crippen molar-refractivity contribution in [2.45, 2.75) is 26.2 Å². The molecule has 5 nitrogen and oxygen atoms in total. The van der Waals surface area contributed by atoms with E-state index in [0.29, 0.717) is 0 Å². The highest BCUT2D eigenvalue weighted by Crippen LogP contribution is 2.32. The largest absolute Gasteiger partial charge is 0.497 e. The van der Waals surface area contributed by atoms with Crippen LogP contribution in [0, 0.1) is 0 Å². The normalized spacial score (nSPS) is 13.9. The molecule has 0 aromatic heterocycles. The molecule has 0 unspecified atom stereocenters. The minimum absolute atomic E-state index is 0.785. The first kappa shape index (κ1) is 21.2. The topological polar surface area (TPSA) is 37.0 Å². The van der Waals surface area contributed by atoms with Crippen molar-refractivity contribution in [3.63, 3.8) is 0 Å². The van der Waals surface area contributed by atoms with Gasteiger partial charge in [0.2, 0.25) is 0 Å². The number of aryl methyl sites for hydroxylation is 1. The van der Waals surface area contributed by atoms with Gasteiger partial charge < -0.3 is 24.6 Å². The minimum atomic E-state index is 0.785. The summed E-state index contributed by atoms with van der Waals surface area (Å²) in [5, 5.41) is 4.17. The molecule has 2 aromatic carbocycles. The molecule has 156 valence electrons. The van der Waals surface area contributed by atoms with Crippen LogP contribution in [0.15, 0.2) is 42.5 Å². The molecule has 0 atom stereocenters. The van der Waals surface area contributed by atoms with Gasteiger partial charge in [-0.05, 0) is 54.9 Å². The van der Waals surface area contributed by atoms with E-state index in [9.17, 15) is 0 Å². The van der Waals surface area contributed by atoms with E-state index in [4.69, 9.17) is 21.7 Å². The van der Waals surface area contributed by atoms with Crippen LogP contribution in [0.3, 0.4) is 0 Å². The Hall–Kier alpha value is -2.47. The molecular weight excluding hydrogens is 382 g/mol. The molecule has 0 amide bonds. The van der Waals surface area contributed by atoms with E-state index < -0.39 is 0 Å². The summed E-state index contributed by atoms with van der Waals surface area (Å²) in [6.45, 7) is 5.74. The van der Waals surface area contributed by atoms with Crippen LogP contribution in [0.2, 0.25) is 0 Å². The van der Waals surface area contributed by atoms with Gasteiger partial charge in [0.25, 0.3) is 0 Å². The minimum Gasteiger partial charge on any atom is -0.497 e. The quantitative estimate of drug-likeness (QED) is 0.671. The fourth-order valence-electron chi connectivity index (χ4n) is 3.53. The number of unbranched alkanes of at least 4 members (excludes halogenated alkanes) is 1. The standard InChI is InChI=1S/C23H31N3O2S/c1-4-5-6-18-7-9-19(10-8-18)24-23(29)26-15-13-25(14-16-26)21-12-11-20(27-2)17-22(21)28-3/h7-12,17H,4-6,13-16H2,1-3H3,(H,24,29). The number of ether oxygens (including phenoxy) is 2. The van der Waals surface area contributed by atoms with Crippen molar-refractivity contribution in [3.8, 4) is 11.5 Å². The Bertz CT molecular complexity index is 802. The Morgan fingerprint density at radius 3 is 2.34 bits per heavy atom. The molecule has 0 radical (unpaired) electrons. The van der Waals surface area contributed by atoms with Crippen molar-refractivity contribution < 1.29 is 9.47 Å². The lowest BCUT2D eigenvalue weighted by Crippen LogP contribution is -2.50. The van der Waals surface area contributed by atoms with Gasteiger partial charge >= 0.3 is 0 Å². The fourth-order valence-corrected chi connectivity index (χ4v) is 3.84. The molecule has 6 heteroatoms. The first-order chi connectivity index (χ1) is 14.1. The molecular formula is C23H31N3O2S. The third-order valence-electron chi connectivity index (χ3n) is 5.32. The number of hydrogen-bond donors (Lipinski definition) is 1. The summed E-state index contributed by atoms with van der Waals surface area (Å²) in [4.78, 5) is 4.56. The van der Waals surface area contributed by atoms with Gasteiger partial charge in [-0.1, -0.05) is 25.5 Å². The van der Waals surface area contributed by atoms with Gasteiger partial charge in [-0.15, -0.1) is 0 Å². The van der Waals surface area contributed by atoms with E-state index >= 15 is 0 Å². The van der Waals surface area contributed by atoms with Crippen LogP contribution in [0.25, 0.3) is 0 Å². The summed E-state index contributed by atoms with van der Waals surface area (Å²) < 4.78 is 10.9. The first-order valence-electron chi connectivity index (χ1n) is 10.3. The summed E-state index contributed by atoms with van der Waals surface area (Å²) in [5.74, 6) is 1.64. The highest BCUT2D eigenvalue weighted by atomic mass is 32.1. The molecule has 0 saturated carbocycles. The Balaban J connectivity index is 1.54. The zero-order valence-electron chi connectivity index (χ0n) is 17.6. The van der Waals surface area contributed by atoms with Gasteiger partial charge in [0.05, 0.1) is 19.9 Å². The Labute approximate surface area is 179 Å². The lowest BCUT2D eigenvalue weighted by atomic mass is 10.1. The summed E-state index contributed by atoms with van der Waals surface area (Å²) in [6.07, 6.45) is 3.59. The van der Waals surface area contributed by atoms with Gasteiger partial charge in [0.1, 0.15) is 11.5 Å². The number of nitrogens with one attached hydrogen (secondary N) is 1. The van der Waals surface area contributed by atoms with Crippen LogP contribution in [0.4, 0.5) is 11.4 Å². The molecule has 3 rings (SSSR count). The second-order valence-electron chi connectivity index (χ2n) is 7.24. The monoisotopic (exact) mass is 413 g/mol. The van der Waals surface area contributed by atoms with E-state index in [2.05, 4.69) is 52.4 Å². The molecule has 1 fully saturated rings. The molecule has 29 heavy (non-hydrogen) atoms. The number of piperazine rings is 1. The van der Waals surface area contributed by atoms with Gasteiger partial charge in [-0.3, -0.25) is 0 Å². The molecule has 1 aliphatic rings. The van der Waals surface area contributed by atoms with Crippen LogP contribution in [0.1, 0.15) is 25.3 Å². The van der Waals surface area contributed by atoms with Crippen LogP contribution in [-0.2, 0) is 6.42 Å². The average molecular weight is 414 g/mol. The van der Waals surface area contributed by atoms with Crippen LogP contribution < -0.4 is 19.7 Å². The lowest BCUT2D eigenvalue weighted by molar-refractivity contribution is 0.377. The molecule has 0 aliphatic carbocycles. The zero-order chi connectivity index (χ0) is 20.6. The Morgan fingerprint density at radius 1 is 1.00 bits per heavy atom.